The van der Waals surface area contributed by atoms with Crippen LogP contribution in [-0.4, -0.2) is 31.5 Å². The third-order valence-corrected chi connectivity index (χ3v) is 6.42. The number of hydrogen-bond donors (Lipinski definition) is 0. The van der Waals surface area contributed by atoms with Gasteiger partial charge < -0.3 is 4.90 Å². The quantitative estimate of drug-likeness (QED) is 0.812. The van der Waals surface area contributed by atoms with Gasteiger partial charge in [0.2, 0.25) is 0 Å². The van der Waals surface area contributed by atoms with Gasteiger partial charge in [0.15, 0.2) is 5.84 Å². The van der Waals surface area contributed by atoms with Crippen molar-refractivity contribution in [3.63, 3.8) is 0 Å². The van der Waals surface area contributed by atoms with Crippen molar-refractivity contribution in [3.8, 4) is 0 Å². The number of allylic oxidation sites excluding steroid dienone is 2. The van der Waals surface area contributed by atoms with Gasteiger partial charge in [0.05, 0.1) is 5.75 Å². The normalized spacial score (nSPS) is 18.5. The van der Waals surface area contributed by atoms with Crippen LogP contribution in [0.15, 0.2) is 77.3 Å². The standard InChI is InChI=1S/C22H22N2O2S/c1-22(2,18-7-4-3-5-8-18)19-12-10-17(11-13-19)20-9-6-14-24-15-16-27(25,26)23-21(20)24/h3-14H,15-16H2,1-2H3. The van der Waals surface area contributed by atoms with Crippen LogP contribution in [0.2, 0.25) is 0 Å². The molecule has 0 fully saturated rings. The smallest absolute Gasteiger partial charge is 0.256 e. The van der Waals surface area contributed by atoms with Crippen molar-refractivity contribution in [2.24, 2.45) is 4.40 Å². The molecule has 0 saturated heterocycles. The fraction of sp³-hybridized carbons (Fsp3) is 0.227. The van der Waals surface area contributed by atoms with Crippen LogP contribution in [0.1, 0.15) is 30.5 Å². The molecule has 0 aromatic heterocycles. The number of fused-ring (bicyclic) bond motifs is 1. The lowest BCUT2D eigenvalue weighted by Gasteiger charge is -2.30. The van der Waals surface area contributed by atoms with Gasteiger partial charge in [0.25, 0.3) is 10.0 Å². The summed E-state index contributed by atoms with van der Waals surface area (Å²) in [5, 5.41) is 0. The second-order valence-corrected chi connectivity index (χ2v) is 9.14. The maximum Gasteiger partial charge on any atom is 0.256 e. The van der Waals surface area contributed by atoms with Gasteiger partial charge in [-0.25, -0.2) is 8.42 Å². The predicted molar refractivity (Wildman–Crippen MR) is 110 cm³/mol. The van der Waals surface area contributed by atoms with Gasteiger partial charge in [0.1, 0.15) is 0 Å². The van der Waals surface area contributed by atoms with Crippen LogP contribution in [0, 0.1) is 0 Å². The van der Waals surface area contributed by atoms with E-state index in [-0.39, 0.29) is 11.2 Å². The van der Waals surface area contributed by atoms with Gasteiger partial charge in [-0.3, -0.25) is 0 Å². The molecule has 27 heavy (non-hydrogen) atoms. The van der Waals surface area contributed by atoms with E-state index in [1.54, 1.807) is 0 Å². The van der Waals surface area contributed by atoms with E-state index in [1.807, 2.05) is 41.5 Å². The van der Waals surface area contributed by atoms with Crippen molar-refractivity contribution in [1.82, 2.24) is 4.90 Å². The molecule has 0 amide bonds. The second kappa shape index (κ2) is 6.50. The average molecular weight is 378 g/mol. The molecule has 2 aliphatic heterocycles. The van der Waals surface area contributed by atoms with Gasteiger partial charge >= 0.3 is 0 Å². The first kappa shape index (κ1) is 17.7. The summed E-state index contributed by atoms with van der Waals surface area (Å²) in [5.74, 6) is 0.567. The average Bonchev–Trinajstić information content (AvgIpc) is 2.68. The van der Waals surface area contributed by atoms with E-state index in [1.165, 1.54) is 11.1 Å². The molecule has 2 aromatic carbocycles. The van der Waals surface area contributed by atoms with Crippen molar-refractivity contribution >= 4 is 21.4 Å². The van der Waals surface area contributed by atoms with Crippen molar-refractivity contribution in [1.29, 1.82) is 0 Å². The Morgan fingerprint density at radius 3 is 2.33 bits per heavy atom. The Kier molecular flexibility index (Phi) is 4.27. The summed E-state index contributed by atoms with van der Waals surface area (Å²) in [6.45, 7) is 4.85. The van der Waals surface area contributed by atoms with Crippen LogP contribution in [0.4, 0.5) is 0 Å². The predicted octanol–water partition coefficient (Wildman–Crippen LogP) is 3.97. The number of hydrogen-bond acceptors (Lipinski definition) is 3. The first-order valence-corrected chi connectivity index (χ1v) is 10.6. The highest BCUT2D eigenvalue weighted by atomic mass is 32.2. The first-order chi connectivity index (χ1) is 12.9. The highest BCUT2D eigenvalue weighted by molar-refractivity contribution is 7.90. The molecule has 0 spiro atoms. The number of nitrogens with zero attached hydrogens (tertiary/aromatic N) is 2. The highest BCUT2D eigenvalue weighted by Gasteiger charge is 2.28. The fourth-order valence-corrected chi connectivity index (χ4v) is 4.51. The van der Waals surface area contributed by atoms with E-state index in [4.69, 9.17) is 0 Å². The Labute approximate surface area is 160 Å². The molecule has 0 bridgehead atoms. The molecule has 138 valence electrons. The topological polar surface area (TPSA) is 49.7 Å². The molecule has 2 heterocycles. The van der Waals surface area contributed by atoms with Crippen LogP contribution in [0.5, 0.6) is 0 Å². The second-order valence-electron chi connectivity index (χ2n) is 7.38. The Balaban J connectivity index is 1.70. The van der Waals surface area contributed by atoms with Crippen molar-refractivity contribution in [3.05, 3.63) is 89.6 Å². The van der Waals surface area contributed by atoms with Crippen molar-refractivity contribution in [2.45, 2.75) is 19.3 Å². The maximum absolute atomic E-state index is 12.0. The molecular weight excluding hydrogens is 356 g/mol. The van der Waals surface area contributed by atoms with Gasteiger partial charge in [-0.2, -0.15) is 0 Å². The SMILES string of the molecule is CC(C)(c1ccccc1)c1ccc(C2=CC=CN3CCS(=O)(=O)N=C23)cc1. The van der Waals surface area contributed by atoms with Crippen molar-refractivity contribution < 1.29 is 8.42 Å². The summed E-state index contributed by atoms with van der Waals surface area (Å²) in [7, 11) is -3.39. The Hall–Kier alpha value is -2.66. The molecule has 0 unspecified atom stereocenters. The summed E-state index contributed by atoms with van der Waals surface area (Å²) >= 11 is 0. The lowest BCUT2D eigenvalue weighted by atomic mass is 9.78. The summed E-state index contributed by atoms with van der Waals surface area (Å²) in [5.41, 5.74) is 4.15. The molecule has 0 atom stereocenters. The van der Waals surface area contributed by atoms with Gasteiger partial charge in [-0.15, -0.1) is 4.40 Å². The molecule has 2 aromatic rings. The first-order valence-electron chi connectivity index (χ1n) is 9.01. The summed E-state index contributed by atoms with van der Waals surface area (Å²) in [6, 6.07) is 18.7. The molecule has 5 heteroatoms. The third-order valence-electron chi connectivity index (χ3n) is 5.27. The Morgan fingerprint density at radius 2 is 1.63 bits per heavy atom. The summed E-state index contributed by atoms with van der Waals surface area (Å²) in [4.78, 5) is 1.90. The molecule has 4 nitrogen and oxygen atoms in total. The Morgan fingerprint density at radius 1 is 0.963 bits per heavy atom. The van der Waals surface area contributed by atoms with Gasteiger partial charge in [0, 0.05) is 23.7 Å². The molecule has 2 aliphatic rings. The fourth-order valence-electron chi connectivity index (χ4n) is 3.53. The lowest BCUT2D eigenvalue weighted by molar-refractivity contribution is 0.550. The van der Waals surface area contributed by atoms with E-state index < -0.39 is 10.0 Å². The van der Waals surface area contributed by atoms with Crippen LogP contribution in [0.25, 0.3) is 5.57 Å². The lowest BCUT2D eigenvalue weighted by Crippen LogP contribution is -2.37. The number of sulfonamides is 1. The number of rotatable bonds is 3. The van der Waals surface area contributed by atoms with E-state index >= 15 is 0 Å². The molecule has 0 aliphatic carbocycles. The molecule has 0 N–H and O–H groups in total. The van der Waals surface area contributed by atoms with Crippen LogP contribution in [-0.2, 0) is 15.4 Å². The van der Waals surface area contributed by atoms with Crippen LogP contribution in [0.3, 0.4) is 0 Å². The van der Waals surface area contributed by atoms with Crippen molar-refractivity contribution in [2.75, 3.05) is 12.3 Å². The van der Waals surface area contributed by atoms with Crippen LogP contribution >= 0.6 is 0 Å². The van der Waals surface area contributed by atoms with E-state index in [2.05, 4.69) is 54.6 Å². The largest absolute Gasteiger partial charge is 0.331 e. The highest BCUT2D eigenvalue weighted by Crippen LogP contribution is 2.33. The molecule has 0 radical (unpaired) electrons. The minimum Gasteiger partial charge on any atom is -0.331 e. The van der Waals surface area contributed by atoms with E-state index in [0.29, 0.717) is 12.4 Å². The molecule has 0 saturated carbocycles. The van der Waals surface area contributed by atoms with Crippen LogP contribution < -0.4 is 0 Å². The Bertz CT molecular complexity index is 1050. The van der Waals surface area contributed by atoms with Gasteiger partial charge in [-0.1, -0.05) is 68.4 Å². The van der Waals surface area contributed by atoms with E-state index in [0.717, 1.165) is 11.1 Å². The molecular formula is C22H22N2O2S. The zero-order valence-electron chi connectivity index (χ0n) is 15.5. The molecule has 4 rings (SSSR count). The third kappa shape index (κ3) is 3.35. The minimum absolute atomic E-state index is 0.0539. The zero-order chi connectivity index (χ0) is 19.1. The monoisotopic (exact) mass is 378 g/mol. The minimum atomic E-state index is -3.39. The number of benzene rings is 2. The summed E-state index contributed by atoms with van der Waals surface area (Å²) in [6.07, 6.45) is 5.74. The maximum atomic E-state index is 12.0. The summed E-state index contributed by atoms with van der Waals surface area (Å²) < 4.78 is 27.9. The number of amidine groups is 1. The zero-order valence-corrected chi connectivity index (χ0v) is 16.3. The van der Waals surface area contributed by atoms with E-state index in [9.17, 15) is 8.42 Å². The van der Waals surface area contributed by atoms with Gasteiger partial charge in [-0.05, 0) is 28.8 Å².